The average Bonchev–Trinajstić information content (AvgIpc) is 2.73. The third-order valence-electron chi connectivity index (χ3n) is 7.69. The van der Waals surface area contributed by atoms with Gasteiger partial charge in [0.15, 0.2) is 8.45 Å². The monoisotopic (exact) mass is 482 g/mol. The van der Waals surface area contributed by atoms with Crippen molar-refractivity contribution in [3.63, 3.8) is 0 Å². The smallest absolute Gasteiger partial charge is 0.187 e. The Labute approximate surface area is 210 Å². The Balaban J connectivity index is 0.000000226. The van der Waals surface area contributed by atoms with Gasteiger partial charge in [0.2, 0.25) is 0 Å². The van der Waals surface area contributed by atoms with Crippen molar-refractivity contribution in [2.75, 3.05) is 0 Å². The summed E-state index contributed by atoms with van der Waals surface area (Å²) in [4.78, 5) is 11.6. The molecular weight excluding hydrogens is 435 g/mol. The Morgan fingerprint density at radius 3 is 1.06 bits per heavy atom. The molecule has 0 atom stereocenters. The van der Waals surface area contributed by atoms with Crippen LogP contribution in [0.2, 0.25) is 0 Å². The first kappa shape index (κ1) is 27.3. The van der Waals surface area contributed by atoms with Crippen molar-refractivity contribution < 1.29 is 4.89 Å². The Morgan fingerprint density at radius 1 is 0.529 bits per heavy atom. The molecule has 0 unspecified atom stereocenters. The summed E-state index contributed by atoms with van der Waals surface area (Å²) >= 11 is 0. The highest BCUT2D eigenvalue weighted by molar-refractivity contribution is 7.46. The van der Waals surface area contributed by atoms with E-state index in [2.05, 4.69) is 113 Å². The normalized spacial score (nSPS) is 23.7. The number of hydrogen-bond donors (Lipinski definition) is 1. The fourth-order valence-corrected chi connectivity index (χ4v) is 8.80. The van der Waals surface area contributed by atoms with E-state index in [-0.39, 0.29) is 22.2 Å². The molecule has 4 rings (SSSR count). The van der Waals surface area contributed by atoms with E-state index in [4.69, 9.17) is 0 Å². The minimum atomic E-state index is -1.30. The lowest BCUT2D eigenvalue weighted by Gasteiger charge is -2.61. The molecule has 2 aromatic rings. The molecule has 0 bridgehead atoms. The second kappa shape index (κ2) is 10.4. The van der Waals surface area contributed by atoms with Gasteiger partial charge < -0.3 is 4.89 Å². The molecule has 0 amide bonds. The lowest BCUT2D eigenvalue weighted by molar-refractivity contribution is 0.00294. The molecule has 0 radical (unpaired) electrons. The predicted octanol–water partition coefficient (Wildman–Crippen LogP) is 8.65. The maximum absolute atomic E-state index is 11.6. The second-order valence-electron chi connectivity index (χ2n) is 12.6. The van der Waals surface area contributed by atoms with E-state index in [1.54, 1.807) is 0 Å². The minimum Gasteiger partial charge on any atom is -0.347 e. The van der Waals surface area contributed by atoms with Crippen LogP contribution in [0.25, 0.3) is 11.1 Å². The predicted molar refractivity (Wildman–Crippen MR) is 149 cm³/mol. The molecule has 0 spiro atoms. The molecule has 2 aliphatic rings. The molecule has 188 valence electrons. The lowest BCUT2D eigenvalue weighted by atomic mass is 9.82. The van der Waals surface area contributed by atoms with Gasteiger partial charge in [-0.3, -0.25) is 0 Å². The van der Waals surface area contributed by atoms with Crippen LogP contribution in [0.5, 0.6) is 0 Å². The average molecular weight is 483 g/mol. The Kier molecular flexibility index (Phi) is 8.36. The molecular formula is C30H47N2OP. The zero-order chi connectivity index (χ0) is 25.2. The van der Waals surface area contributed by atoms with E-state index in [1.807, 2.05) is 12.1 Å². The Bertz CT molecular complexity index is 800. The number of nitrogens with zero attached hydrogens (tertiary/aromatic N) is 2. The SMILES string of the molecule is CC1(C)CCCC(C)(C)N1P(O)N1C(C)(C)CCCC1(C)C.c1ccc(-c2ccccc2)cc1. The lowest BCUT2D eigenvalue weighted by Crippen LogP contribution is -2.62. The van der Waals surface area contributed by atoms with Crippen molar-refractivity contribution in [3.8, 4) is 11.1 Å². The van der Waals surface area contributed by atoms with Gasteiger partial charge in [-0.15, -0.1) is 0 Å². The molecule has 2 aromatic carbocycles. The highest BCUT2D eigenvalue weighted by atomic mass is 31.2. The first-order valence-corrected chi connectivity index (χ1v) is 14.2. The standard InChI is InChI=1S/C18H37N2OP.C12H10/c1-15(2)11-9-12-16(3,4)19(15)22(21)20-17(5,6)13-10-14-18(20,7)8;1-3-7-11(8-4-1)12-9-5-2-6-10-12/h21H,9-14H2,1-8H3;1-10H. The van der Waals surface area contributed by atoms with Crippen LogP contribution < -0.4 is 0 Å². The summed E-state index contributed by atoms with van der Waals surface area (Å²) in [5.41, 5.74) is 2.80. The van der Waals surface area contributed by atoms with Gasteiger partial charge in [-0.2, -0.15) is 0 Å². The van der Waals surface area contributed by atoms with Crippen molar-refractivity contribution in [1.82, 2.24) is 9.34 Å². The highest BCUT2D eigenvalue weighted by Crippen LogP contribution is 2.61. The third-order valence-corrected chi connectivity index (χ3v) is 10.6. The van der Waals surface area contributed by atoms with Crippen molar-refractivity contribution in [2.45, 2.75) is 116 Å². The first-order chi connectivity index (χ1) is 15.8. The minimum absolute atomic E-state index is 0.0613. The fraction of sp³-hybridized carbons (Fsp3) is 0.600. The summed E-state index contributed by atoms with van der Waals surface area (Å²) in [6, 6.07) is 20.8. The first-order valence-electron chi connectivity index (χ1n) is 13.0. The molecule has 1 N–H and O–H groups in total. The van der Waals surface area contributed by atoms with Crippen LogP contribution in [0.1, 0.15) is 93.9 Å². The van der Waals surface area contributed by atoms with Crippen molar-refractivity contribution >= 4 is 8.45 Å². The number of benzene rings is 2. The Morgan fingerprint density at radius 2 is 0.794 bits per heavy atom. The Hall–Kier alpha value is -1.25. The summed E-state index contributed by atoms with van der Waals surface area (Å²) in [6.07, 6.45) is 7.20. The number of hydrogen-bond acceptors (Lipinski definition) is 3. The zero-order valence-electron chi connectivity index (χ0n) is 22.8. The van der Waals surface area contributed by atoms with Crippen LogP contribution >= 0.6 is 8.45 Å². The van der Waals surface area contributed by atoms with Gasteiger partial charge in [0, 0.05) is 22.2 Å². The van der Waals surface area contributed by atoms with E-state index < -0.39 is 8.45 Å². The van der Waals surface area contributed by atoms with Crippen molar-refractivity contribution in [1.29, 1.82) is 0 Å². The third kappa shape index (κ3) is 6.11. The molecule has 0 aliphatic carbocycles. The van der Waals surface area contributed by atoms with Crippen molar-refractivity contribution in [2.24, 2.45) is 0 Å². The molecule has 2 heterocycles. The molecule has 2 fully saturated rings. The highest BCUT2D eigenvalue weighted by Gasteiger charge is 2.53. The molecule has 0 saturated carbocycles. The summed E-state index contributed by atoms with van der Waals surface area (Å²) in [5, 5.41) is 0. The van der Waals surface area contributed by atoms with Crippen LogP contribution in [-0.2, 0) is 0 Å². The fourth-order valence-electron chi connectivity index (χ4n) is 6.29. The summed E-state index contributed by atoms with van der Waals surface area (Å²) in [7, 11) is -1.30. The van der Waals surface area contributed by atoms with Crippen LogP contribution in [-0.4, -0.2) is 36.4 Å². The van der Waals surface area contributed by atoms with Gasteiger partial charge in [-0.1, -0.05) is 60.7 Å². The largest absolute Gasteiger partial charge is 0.347 e. The van der Waals surface area contributed by atoms with Gasteiger partial charge >= 0.3 is 0 Å². The molecule has 3 nitrogen and oxygen atoms in total. The van der Waals surface area contributed by atoms with E-state index in [0.29, 0.717) is 0 Å². The van der Waals surface area contributed by atoms with E-state index in [9.17, 15) is 4.89 Å². The molecule has 0 aromatic heterocycles. The van der Waals surface area contributed by atoms with E-state index >= 15 is 0 Å². The quantitative estimate of drug-likeness (QED) is 0.443. The maximum atomic E-state index is 11.6. The molecule has 2 aliphatic heterocycles. The second-order valence-corrected chi connectivity index (χ2v) is 13.9. The van der Waals surface area contributed by atoms with Gasteiger partial charge in [-0.25, -0.2) is 9.34 Å². The molecule has 4 heteroatoms. The zero-order valence-corrected chi connectivity index (χ0v) is 23.7. The van der Waals surface area contributed by atoms with Crippen LogP contribution in [0, 0.1) is 0 Å². The summed E-state index contributed by atoms with van der Waals surface area (Å²) in [5.74, 6) is 0. The van der Waals surface area contributed by atoms with Gasteiger partial charge in [0.05, 0.1) is 0 Å². The topological polar surface area (TPSA) is 26.7 Å². The molecule has 34 heavy (non-hydrogen) atoms. The van der Waals surface area contributed by atoms with Crippen LogP contribution in [0.3, 0.4) is 0 Å². The number of rotatable bonds is 3. The van der Waals surface area contributed by atoms with Gasteiger partial charge in [0.25, 0.3) is 0 Å². The van der Waals surface area contributed by atoms with Gasteiger partial charge in [-0.05, 0) is 105 Å². The number of piperidine rings is 2. The maximum Gasteiger partial charge on any atom is 0.187 e. The van der Waals surface area contributed by atoms with E-state index in [1.165, 1.54) is 49.7 Å². The van der Waals surface area contributed by atoms with Crippen molar-refractivity contribution in [3.05, 3.63) is 60.7 Å². The van der Waals surface area contributed by atoms with Gasteiger partial charge in [0.1, 0.15) is 0 Å². The molecule has 2 saturated heterocycles. The van der Waals surface area contributed by atoms with E-state index in [0.717, 1.165) is 0 Å². The summed E-state index contributed by atoms with van der Waals surface area (Å²) < 4.78 is 4.90. The summed E-state index contributed by atoms with van der Waals surface area (Å²) in [6.45, 7) is 18.5. The van der Waals surface area contributed by atoms with Crippen LogP contribution in [0.4, 0.5) is 0 Å². The van der Waals surface area contributed by atoms with Crippen LogP contribution in [0.15, 0.2) is 60.7 Å².